The van der Waals surface area contributed by atoms with Gasteiger partial charge in [-0.15, -0.1) is 0 Å². The summed E-state index contributed by atoms with van der Waals surface area (Å²) in [6.45, 7) is 5.67. The first kappa shape index (κ1) is 17.1. The highest BCUT2D eigenvalue weighted by Crippen LogP contribution is 2.19. The summed E-state index contributed by atoms with van der Waals surface area (Å²) in [5, 5.41) is 2.87. The molecule has 3 rings (SSSR count). The van der Waals surface area contributed by atoms with Crippen LogP contribution in [0.25, 0.3) is 0 Å². The van der Waals surface area contributed by atoms with E-state index < -0.39 is 0 Å². The summed E-state index contributed by atoms with van der Waals surface area (Å²) >= 11 is 0. The smallest absolute Gasteiger partial charge is 0.257 e. The number of likely N-dealkylation sites (tertiary alicyclic amines) is 1. The van der Waals surface area contributed by atoms with Gasteiger partial charge in [-0.25, -0.2) is 0 Å². The summed E-state index contributed by atoms with van der Waals surface area (Å²) in [6.07, 6.45) is 5.06. The van der Waals surface area contributed by atoms with Gasteiger partial charge >= 0.3 is 0 Å². The van der Waals surface area contributed by atoms with Crippen molar-refractivity contribution in [3.63, 3.8) is 0 Å². The average molecular weight is 337 g/mol. The Kier molecular flexibility index (Phi) is 5.12. The number of anilines is 1. The van der Waals surface area contributed by atoms with E-state index in [2.05, 4.69) is 17.2 Å². The first-order valence-corrected chi connectivity index (χ1v) is 8.66. The number of pyridine rings is 1. The zero-order valence-electron chi connectivity index (χ0n) is 14.7. The number of carbonyl (C=O) groups excluding carboxylic acids is 2. The lowest BCUT2D eigenvalue weighted by atomic mass is 9.98. The molecule has 1 aliphatic rings. The third-order valence-electron chi connectivity index (χ3n) is 4.71. The van der Waals surface area contributed by atoms with Gasteiger partial charge in [0.05, 0.1) is 11.1 Å². The summed E-state index contributed by atoms with van der Waals surface area (Å²) in [7, 11) is 0. The van der Waals surface area contributed by atoms with Gasteiger partial charge in [0.2, 0.25) is 0 Å². The van der Waals surface area contributed by atoms with Gasteiger partial charge in [-0.3, -0.25) is 14.6 Å². The van der Waals surface area contributed by atoms with Gasteiger partial charge < -0.3 is 10.2 Å². The fourth-order valence-corrected chi connectivity index (χ4v) is 2.98. The molecule has 0 atom stereocenters. The minimum Gasteiger partial charge on any atom is -0.339 e. The van der Waals surface area contributed by atoms with E-state index in [0.29, 0.717) is 17.0 Å². The highest BCUT2D eigenvalue weighted by Gasteiger charge is 2.22. The summed E-state index contributed by atoms with van der Waals surface area (Å²) in [5.41, 5.74) is 2.60. The Balaban J connectivity index is 1.73. The van der Waals surface area contributed by atoms with E-state index in [1.807, 2.05) is 36.1 Å². The molecule has 0 spiro atoms. The van der Waals surface area contributed by atoms with Crippen molar-refractivity contribution >= 4 is 17.5 Å². The summed E-state index contributed by atoms with van der Waals surface area (Å²) in [4.78, 5) is 31.1. The van der Waals surface area contributed by atoms with E-state index in [0.717, 1.165) is 37.2 Å². The summed E-state index contributed by atoms with van der Waals surface area (Å²) in [6, 6.07) is 9.21. The Morgan fingerprint density at radius 1 is 1.12 bits per heavy atom. The van der Waals surface area contributed by atoms with Crippen molar-refractivity contribution in [1.82, 2.24) is 9.88 Å². The van der Waals surface area contributed by atoms with E-state index in [9.17, 15) is 9.59 Å². The molecule has 25 heavy (non-hydrogen) atoms. The SMILES string of the molecule is Cc1ccccc1NC(=O)c1cncc(C(=O)N2CCC(C)CC2)c1. The Morgan fingerprint density at radius 2 is 1.80 bits per heavy atom. The maximum Gasteiger partial charge on any atom is 0.257 e. The Morgan fingerprint density at radius 3 is 2.52 bits per heavy atom. The van der Waals surface area contributed by atoms with Crippen molar-refractivity contribution in [3.8, 4) is 0 Å². The molecule has 2 amide bonds. The molecule has 1 fully saturated rings. The van der Waals surface area contributed by atoms with E-state index in [-0.39, 0.29) is 11.8 Å². The zero-order chi connectivity index (χ0) is 17.8. The minimum atomic E-state index is -0.260. The molecule has 0 saturated carbocycles. The van der Waals surface area contributed by atoms with Crippen molar-refractivity contribution in [2.45, 2.75) is 26.7 Å². The van der Waals surface area contributed by atoms with E-state index in [1.54, 1.807) is 6.07 Å². The van der Waals surface area contributed by atoms with Crippen LogP contribution in [-0.2, 0) is 0 Å². The van der Waals surface area contributed by atoms with Crippen LogP contribution in [0.5, 0.6) is 0 Å². The van der Waals surface area contributed by atoms with E-state index in [4.69, 9.17) is 0 Å². The number of nitrogens with zero attached hydrogens (tertiary/aromatic N) is 2. The van der Waals surface area contributed by atoms with Crippen LogP contribution in [0.15, 0.2) is 42.7 Å². The Bertz CT molecular complexity index is 780. The third-order valence-corrected chi connectivity index (χ3v) is 4.71. The lowest BCUT2D eigenvalue weighted by Crippen LogP contribution is -2.38. The van der Waals surface area contributed by atoms with Crippen LogP contribution in [0.3, 0.4) is 0 Å². The molecule has 1 saturated heterocycles. The van der Waals surface area contributed by atoms with Gasteiger partial charge in [-0.2, -0.15) is 0 Å². The van der Waals surface area contributed by atoms with Gasteiger partial charge in [0.1, 0.15) is 0 Å². The highest BCUT2D eigenvalue weighted by molar-refractivity contribution is 6.06. The molecule has 5 nitrogen and oxygen atoms in total. The van der Waals surface area contributed by atoms with Crippen LogP contribution in [0.2, 0.25) is 0 Å². The van der Waals surface area contributed by atoms with E-state index in [1.165, 1.54) is 12.4 Å². The van der Waals surface area contributed by atoms with Crippen molar-refractivity contribution in [3.05, 3.63) is 59.4 Å². The van der Waals surface area contributed by atoms with Gasteiger partial charge in [0.25, 0.3) is 11.8 Å². The topological polar surface area (TPSA) is 62.3 Å². The summed E-state index contributed by atoms with van der Waals surface area (Å²) in [5.74, 6) is 0.349. The number of carbonyl (C=O) groups is 2. The number of aryl methyl sites for hydroxylation is 1. The second-order valence-corrected chi connectivity index (χ2v) is 6.71. The van der Waals surface area contributed by atoms with Crippen LogP contribution in [0.1, 0.15) is 46.0 Å². The normalized spacial score (nSPS) is 15.0. The molecule has 0 radical (unpaired) electrons. The highest BCUT2D eigenvalue weighted by atomic mass is 16.2. The van der Waals surface area contributed by atoms with Crippen LogP contribution >= 0.6 is 0 Å². The minimum absolute atomic E-state index is 0.0510. The van der Waals surface area contributed by atoms with Crippen molar-refractivity contribution in [2.75, 3.05) is 18.4 Å². The lowest BCUT2D eigenvalue weighted by molar-refractivity contribution is 0.0697. The number of amides is 2. The molecule has 130 valence electrons. The predicted molar refractivity (Wildman–Crippen MR) is 97.7 cm³/mol. The number of aromatic nitrogens is 1. The molecular formula is C20H23N3O2. The standard InChI is InChI=1S/C20H23N3O2/c1-14-7-9-23(10-8-14)20(25)17-11-16(12-21-13-17)19(24)22-18-6-4-3-5-15(18)2/h3-6,11-14H,7-10H2,1-2H3,(H,22,24). The number of nitrogens with one attached hydrogen (secondary N) is 1. The number of rotatable bonds is 3. The molecule has 1 aromatic carbocycles. The van der Waals surface area contributed by atoms with Gasteiger partial charge in [0.15, 0.2) is 0 Å². The van der Waals surface area contributed by atoms with Gasteiger partial charge in [0, 0.05) is 31.2 Å². The molecule has 2 aromatic rings. The second-order valence-electron chi connectivity index (χ2n) is 6.71. The third kappa shape index (κ3) is 4.05. The maximum atomic E-state index is 12.6. The first-order chi connectivity index (χ1) is 12.0. The molecule has 5 heteroatoms. The van der Waals surface area contributed by atoms with Crippen LogP contribution in [0, 0.1) is 12.8 Å². The maximum absolute atomic E-state index is 12.6. The summed E-state index contributed by atoms with van der Waals surface area (Å²) < 4.78 is 0. The predicted octanol–water partition coefficient (Wildman–Crippen LogP) is 3.51. The molecule has 0 bridgehead atoms. The second kappa shape index (κ2) is 7.47. The van der Waals surface area contributed by atoms with E-state index >= 15 is 0 Å². The number of para-hydroxylation sites is 1. The average Bonchev–Trinajstić information content (AvgIpc) is 2.64. The molecule has 2 heterocycles. The quantitative estimate of drug-likeness (QED) is 0.932. The van der Waals surface area contributed by atoms with Crippen molar-refractivity contribution in [2.24, 2.45) is 5.92 Å². The molecule has 1 aromatic heterocycles. The molecule has 1 N–H and O–H groups in total. The first-order valence-electron chi connectivity index (χ1n) is 8.66. The van der Waals surface area contributed by atoms with Gasteiger partial charge in [-0.05, 0) is 43.4 Å². The molecule has 1 aliphatic heterocycles. The number of hydrogen-bond acceptors (Lipinski definition) is 3. The van der Waals surface area contributed by atoms with Crippen molar-refractivity contribution in [1.29, 1.82) is 0 Å². The Hall–Kier alpha value is -2.69. The van der Waals surface area contributed by atoms with Crippen LogP contribution in [0.4, 0.5) is 5.69 Å². The monoisotopic (exact) mass is 337 g/mol. The number of hydrogen-bond donors (Lipinski definition) is 1. The fourth-order valence-electron chi connectivity index (χ4n) is 2.98. The molecule has 0 unspecified atom stereocenters. The zero-order valence-corrected chi connectivity index (χ0v) is 14.7. The number of piperidine rings is 1. The van der Waals surface area contributed by atoms with Crippen molar-refractivity contribution < 1.29 is 9.59 Å². The molecule has 0 aliphatic carbocycles. The Labute approximate surface area is 148 Å². The molecular weight excluding hydrogens is 314 g/mol. The fraction of sp³-hybridized carbons (Fsp3) is 0.350. The van der Waals surface area contributed by atoms with Crippen LogP contribution < -0.4 is 5.32 Å². The largest absolute Gasteiger partial charge is 0.339 e. The van der Waals surface area contributed by atoms with Gasteiger partial charge in [-0.1, -0.05) is 25.1 Å². The number of benzene rings is 1. The lowest BCUT2D eigenvalue weighted by Gasteiger charge is -2.30. The van der Waals surface area contributed by atoms with Crippen LogP contribution in [-0.4, -0.2) is 34.8 Å².